The van der Waals surface area contributed by atoms with Crippen molar-refractivity contribution >= 4 is 5.69 Å². The topological polar surface area (TPSA) is 32.5 Å². The van der Waals surface area contributed by atoms with Crippen molar-refractivity contribution in [3.05, 3.63) is 29.8 Å². The van der Waals surface area contributed by atoms with Gasteiger partial charge in [-0.15, -0.1) is 0 Å². The van der Waals surface area contributed by atoms with Crippen LogP contribution in [0, 0.1) is 0 Å². The first-order valence-corrected chi connectivity index (χ1v) is 8.40. The molecular weight excluding hydrogens is 258 g/mol. The highest BCUT2D eigenvalue weighted by atomic mass is 15.2. The predicted molar refractivity (Wildman–Crippen MR) is 92.0 cm³/mol. The maximum Gasteiger partial charge on any atom is 0.0533 e. The molecule has 3 heteroatoms. The van der Waals surface area contributed by atoms with Gasteiger partial charge in [-0.2, -0.15) is 0 Å². The van der Waals surface area contributed by atoms with Crippen LogP contribution in [0.15, 0.2) is 24.3 Å². The lowest BCUT2D eigenvalue weighted by atomic mass is 9.88. The average Bonchev–Trinajstić information content (AvgIpc) is 2.77. The molecule has 1 aliphatic rings. The van der Waals surface area contributed by atoms with Gasteiger partial charge >= 0.3 is 0 Å². The summed E-state index contributed by atoms with van der Waals surface area (Å²) in [4.78, 5) is 4.98. The average molecular weight is 289 g/mol. The number of hydrogen-bond donors (Lipinski definition) is 1. The van der Waals surface area contributed by atoms with Crippen LogP contribution in [0.5, 0.6) is 0 Å². The van der Waals surface area contributed by atoms with E-state index >= 15 is 0 Å². The third-order valence-electron chi connectivity index (χ3n) is 5.28. The Morgan fingerprint density at radius 1 is 1.14 bits per heavy atom. The highest BCUT2D eigenvalue weighted by Gasteiger charge is 2.35. The minimum absolute atomic E-state index is 0.109. The Balaban J connectivity index is 2.17. The monoisotopic (exact) mass is 289 g/mol. The normalized spacial score (nSPS) is 23.8. The van der Waals surface area contributed by atoms with Crippen molar-refractivity contribution in [2.24, 2.45) is 5.73 Å². The van der Waals surface area contributed by atoms with E-state index in [1.54, 1.807) is 0 Å². The molecule has 2 rings (SSSR count). The Morgan fingerprint density at radius 2 is 1.86 bits per heavy atom. The van der Waals surface area contributed by atoms with Crippen LogP contribution in [0.1, 0.15) is 38.7 Å². The maximum absolute atomic E-state index is 6.23. The molecule has 1 aliphatic heterocycles. The van der Waals surface area contributed by atoms with Crippen molar-refractivity contribution in [3.8, 4) is 0 Å². The number of likely N-dealkylation sites (N-methyl/N-ethyl adjacent to an activating group) is 1. The zero-order valence-corrected chi connectivity index (χ0v) is 13.9. The number of likely N-dealkylation sites (tertiary alicyclic amines) is 1. The van der Waals surface area contributed by atoms with E-state index < -0.39 is 0 Å². The van der Waals surface area contributed by atoms with Gasteiger partial charge in [0.1, 0.15) is 0 Å². The number of anilines is 1. The Labute approximate surface area is 130 Å². The Bertz CT molecular complexity index is 429. The molecule has 21 heavy (non-hydrogen) atoms. The van der Waals surface area contributed by atoms with Crippen molar-refractivity contribution in [2.45, 2.75) is 45.1 Å². The van der Waals surface area contributed by atoms with Crippen molar-refractivity contribution in [3.63, 3.8) is 0 Å². The summed E-state index contributed by atoms with van der Waals surface area (Å²) in [5, 5.41) is 0. The van der Waals surface area contributed by atoms with Gasteiger partial charge in [-0.3, -0.25) is 0 Å². The number of benzene rings is 1. The molecule has 1 saturated heterocycles. The van der Waals surface area contributed by atoms with Gasteiger partial charge in [0.05, 0.1) is 5.54 Å². The van der Waals surface area contributed by atoms with Crippen LogP contribution >= 0.6 is 0 Å². The smallest absolute Gasteiger partial charge is 0.0533 e. The first-order chi connectivity index (χ1) is 10.1. The molecule has 0 radical (unpaired) electrons. The van der Waals surface area contributed by atoms with E-state index in [1.165, 1.54) is 30.6 Å². The van der Waals surface area contributed by atoms with E-state index in [0.29, 0.717) is 0 Å². The fraction of sp³-hybridized carbons (Fsp3) is 0.667. The molecule has 118 valence electrons. The van der Waals surface area contributed by atoms with Crippen LogP contribution in [-0.4, -0.2) is 43.7 Å². The molecule has 0 bridgehead atoms. The highest BCUT2D eigenvalue weighted by Crippen LogP contribution is 2.31. The van der Waals surface area contributed by atoms with Gasteiger partial charge in [-0.1, -0.05) is 26.0 Å². The van der Waals surface area contributed by atoms with Gasteiger partial charge in [-0.05, 0) is 56.5 Å². The predicted octanol–water partition coefficient (Wildman–Crippen LogP) is 2.89. The van der Waals surface area contributed by atoms with Crippen LogP contribution in [0.2, 0.25) is 0 Å². The van der Waals surface area contributed by atoms with E-state index in [1.807, 2.05) is 0 Å². The van der Waals surface area contributed by atoms with Gasteiger partial charge in [0.15, 0.2) is 0 Å². The van der Waals surface area contributed by atoms with Crippen LogP contribution in [0.25, 0.3) is 0 Å². The summed E-state index contributed by atoms with van der Waals surface area (Å²) in [6.07, 6.45) is 4.68. The molecule has 1 aromatic rings. The zero-order chi connectivity index (χ0) is 15.3. The minimum Gasteiger partial charge on any atom is -0.368 e. The lowest BCUT2D eigenvalue weighted by Crippen LogP contribution is -2.53. The van der Waals surface area contributed by atoms with E-state index in [0.717, 1.165) is 32.5 Å². The molecule has 1 heterocycles. The maximum atomic E-state index is 6.23. The van der Waals surface area contributed by atoms with Crippen molar-refractivity contribution < 1.29 is 0 Å². The molecule has 1 atom stereocenters. The molecule has 0 aliphatic carbocycles. The third kappa shape index (κ3) is 3.58. The Hall–Kier alpha value is -1.06. The molecule has 1 unspecified atom stereocenters. The van der Waals surface area contributed by atoms with Gasteiger partial charge in [0, 0.05) is 25.8 Å². The van der Waals surface area contributed by atoms with Crippen LogP contribution in [0.4, 0.5) is 5.69 Å². The van der Waals surface area contributed by atoms with E-state index in [2.05, 4.69) is 55.0 Å². The lowest BCUT2D eigenvalue weighted by molar-refractivity contribution is 0.287. The minimum atomic E-state index is 0.109. The number of hydrogen-bond acceptors (Lipinski definition) is 3. The Kier molecular flexibility index (Phi) is 5.65. The Morgan fingerprint density at radius 3 is 2.43 bits per heavy atom. The molecule has 1 fully saturated rings. The molecule has 0 spiro atoms. The highest BCUT2D eigenvalue weighted by molar-refractivity contribution is 5.49. The molecule has 0 aromatic heterocycles. The zero-order valence-electron chi connectivity index (χ0n) is 13.9. The molecule has 0 saturated carbocycles. The van der Waals surface area contributed by atoms with E-state index in [9.17, 15) is 0 Å². The van der Waals surface area contributed by atoms with Gasteiger partial charge in [-0.25, -0.2) is 0 Å². The van der Waals surface area contributed by atoms with Crippen LogP contribution in [-0.2, 0) is 6.42 Å². The lowest BCUT2D eigenvalue weighted by Gasteiger charge is -2.42. The summed E-state index contributed by atoms with van der Waals surface area (Å²) in [5.41, 5.74) is 9.03. The molecule has 3 nitrogen and oxygen atoms in total. The number of aryl methyl sites for hydroxylation is 1. The van der Waals surface area contributed by atoms with Crippen LogP contribution in [0.3, 0.4) is 0 Å². The van der Waals surface area contributed by atoms with Crippen molar-refractivity contribution in [2.75, 3.05) is 38.1 Å². The summed E-state index contributed by atoms with van der Waals surface area (Å²) in [6.45, 7) is 8.70. The SMILES string of the molecule is CCc1ccc(N(C)C2(CN)CCCN(CC)CC2)cc1. The second-order valence-corrected chi connectivity index (χ2v) is 6.30. The summed E-state index contributed by atoms with van der Waals surface area (Å²) in [7, 11) is 2.22. The molecular formula is C18H31N3. The second-order valence-electron chi connectivity index (χ2n) is 6.30. The summed E-state index contributed by atoms with van der Waals surface area (Å²) >= 11 is 0. The summed E-state index contributed by atoms with van der Waals surface area (Å²) in [6, 6.07) is 8.98. The van der Waals surface area contributed by atoms with Gasteiger partial charge < -0.3 is 15.5 Å². The van der Waals surface area contributed by atoms with Crippen molar-refractivity contribution in [1.29, 1.82) is 0 Å². The molecule has 1 aromatic carbocycles. The largest absolute Gasteiger partial charge is 0.368 e. The number of nitrogens with two attached hydrogens (primary N) is 1. The van der Waals surface area contributed by atoms with E-state index in [4.69, 9.17) is 5.73 Å². The first kappa shape index (κ1) is 16.3. The standard InChI is InChI=1S/C18H31N3/c1-4-16-7-9-17(10-8-16)20(3)18(15-19)11-6-13-21(5-2)14-12-18/h7-10H,4-6,11-15,19H2,1-3H3. The van der Waals surface area contributed by atoms with Gasteiger partial charge in [0.25, 0.3) is 0 Å². The number of nitrogens with zero attached hydrogens (tertiary/aromatic N) is 2. The third-order valence-corrected chi connectivity index (χ3v) is 5.28. The molecule has 2 N–H and O–H groups in total. The summed E-state index contributed by atoms with van der Waals surface area (Å²) < 4.78 is 0. The number of rotatable bonds is 5. The second kappa shape index (κ2) is 7.28. The van der Waals surface area contributed by atoms with Crippen molar-refractivity contribution in [1.82, 2.24) is 4.90 Å². The summed E-state index contributed by atoms with van der Waals surface area (Å²) in [5.74, 6) is 0. The fourth-order valence-corrected chi connectivity index (χ4v) is 3.46. The quantitative estimate of drug-likeness (QED) is 0.904. The first-order valence-electron chi connectivity index (χ1n) is 8.40. The van der Waals surface area contributed by atoms with Gasteiger partial charge in [0.2, 0.25) is 0 Å². The van der Waals surface area contributed by atoms with Crippen LogP contribution < -0.4 is 10.6 Å². The fourth-order valence-electron chi connectivity index (χ4n) is 3.46. The molecule has 0 amide bonds. The van der Waals surface area contributed by atoms with E-state index in [-0.39, 0.29) is 5.54 Å².